The summed E-state index contributed by atoms with van der Waals surface area (Å²) in [5, 5.41) is 15.1. The van der Waals surface area contributed by atoms with E-state index >= 15 is 0 Å². The monoisotopic (exact) mass is 236 g/mol. The third-order valence-corrected chi connectivity index (χ3v) is 2.33. The molecule has 0 aliphatic carbocycles. The number of hydrogen-bond donors (Lipinski definition) is 3. The highest BCUT2D eigenvalue weighted by Crippen LogP contribution is 2.09. The lowest BCUT2D eigenvalue weighted by molar-refractivity contribution is -0.121. The number of hydrogen-bond acceptors (Lipinski definition) is 3. The van der Waals surface area contributed by atoms with Crippen LogP contribution in [-0.2, 0) is 11.3 Å². The second-order valence-electron chi connectivity index (χ2n) is 4.30. The SMILES string of the molecule is CC(C)NCCC(=O)NCc1ccc(O)cc1. The number of aromatic hydroxyl groups is 1. The maximum Gasteiger partial charge on any atom is 0.221 e. The Kier molecular flexibility index (Phi) is 5.49. The predicted octanol–water partition coefficient (Wildman–Crippen LogP) is 1.40. The normalized spacial score (nSPS) is 10.5. The number of nitrogens with one attached hydrogen (secondary N) is 2. The lowest BCUT2D eigenvalue weighted by Gasteiger charge is -2.08. The van der Waals surface area contributed by atoms with Crippen LogP contribution < -0.4 is 10.6 Å². The van der Waals surface area contributed by atoms with Crippen molar-refractivity contribution in [2.45, 2.75) is 32.9 Å². The summed E-state index contributed by atoms with van der Waals surface area (Å²) >= 11 is 0. The van der Waals surface area contributed by atoms with Gasteiger partial charge in [-0.1, -0.05) is 26.0 Å². The van der Waals surface area contributed by atoms with Gasteiger partial charge < -0.3 is 15.7 Å². The van der Waals surface area contributed by atoms with Crippen LogP contribution in [0, 0.1) is 0 Å². The number of phenols is 1. The maximum atomic E-state index is 11.5. The first-order valence-corrected chi connectivity index (χ1v) is 5.86. The molecule has 4 heteroatoms. The molecular formula is C13H20N2O2. The van der Waals surface area contributed by atoms with Gasteiger partial charge in [-0.25, -0.2) is 0 Å². The van der Waals surface area contributed by atoms with Crippen molar-refractivity contribution in [1.82, 2.24) is 10.6 Å². The number of carbonyl (C=O) groups is 1. The molecule has 0 saturated heterocycles. The van der Waals surface area contributed by atoms with E-state index in [0.29, 0.717) is 25.6 Å². The molecule has 0 atom stereocenters. The largest absolute Gasteiger partial charge is 0.508 e. The zero-order valence-corrected chi connectivity index (χ0v) is 10.4. The van der Waals surface area contributed by atoms with E-state index in [4.69, 9.17) is 5.11 Å². The fraction of sp³-hybridized carbons (Fsp3) is 0.462. The van der Waals surface area contributed by atoms with E-state index in [9.17, 15) is 4.79 Å². The van der Waals surface area contributed by atoms with Crippen LogP contribution in [0.4, 0.5) is 0 Å². The Morgan fingerprint density at radius 2 is 1.94 bits per heavy atom. The number of carbonyl (C=O) groups excluding carboxylic acids is 1. The van der Waals surface area contributed by atoms with Crippen molar-refractivity contribution in [3.8, 4) is 5.75 Å². The summed E-state index contributed by atoms with van der Waals surface area (Å²) in [4.78, 5) is 11.5. The minimum absolute atomic E-state index is 0.0335. The summed E-state index contributed by atoms with van der Waals surface area (Å²) in [6.07, 6.45) is 0.482. The molecule has 0 spiro atoms. The van der Waals surface area contributed by atoms with Crippen LogP contribution in [0.15, 0.2) is 24.3 Å². The Morgan fingerprint density at radius 1 is 1.29 bits per heavy atom. The van der Waals surface area contributed by atoms with E-state index in [-0.39, 0.29) is 11.7 Å². The zero-order valence-electron chi connectivity index (χ0n) is 10.4. The smallest absolute Gasteiger partial charge is 0.221 e. The Balaban J connectivity index is 2.21. The van der Waals surface area contributed by atoms with E-state index < -0.39 is 0 Å². The summed E-state index contributed by atoms with van der Waals surface area (Å²) in [5.74, 6) is 0.271. The first kappa shape index (κ1) is 13.5. The molecule has 1 aromatic carbocycles. The Hall–Kier alpha value is -1.55. The molecule has 1 amide bonds. The van der Waals surface area contributed by atoms with Crippen LogP contribution >= 0.6 is 0 Å². The van der Waals surface area contributed by atoms with Crippen LogP contribution in [0.1, 0.15) is 25.8 Å². The van der Waals surface area contributed by atoms with Gasteiger partial charge in [0, 0.05) is 25.6 Å². The molecule has 94 valence electrons. The average Bonchev–Trinajstić information content (AvgIpc) is 2.28. The molecule has 1 aromatic rings. The molecule has 0 aliphatic heterocycles. The Morgan fingerprint density at radius 3 is 2.53 bits per heavy atom. The van der Waals surface area contributed by atoms with E-state index in [1.165, 1.54) is 0 Å². The van der Waals surface area contributed by atoms with Crippen molar-refractivity contribution in [3.05, 3.63) is 29.8 Å². The van der Waals surface area contributed by atoms with Crippen LogP contribution in [0.3, 0.4) is 0 Å². The van der Waals surface area contributed by atoms with Gasteiger partial charge >= 0.3 is 0 Å². The zero-order chi connectivity index (χ0) is 12.7. The number of amides is 1. The van der Waals surface area contributed by atoms with Gasteiger partial charge in [0.2, 0.25) is 5.91 Å². The van der Waals surface area contributed by atoms with Gasteiger partial charge in [-0.05, 0) is 17.7 Å². The van der Waals surface area contributed by atoms with Crippen LogP contribution in [0.2, 0.25) is 0 Å². The third-order valence-electron chi connectivity index (χ3n) is 2.33. The van der Waals surface area contributed by atoms with Gasteiger partial charge in [0.15, 0.2) is 0 Å². The maximum absolute atomic E-state index is 11.5. The second-order valence-corrected chi connectivity index (χ2v) is 4.30. The molecule has 1 rings (SSSR count). The van der Waals surface area contributed by atoms with Crippen LogP contribution in [0.5, 0.6) is 5.75 Å². The molecular weight excluding hydrogens is 216 g/mol. The third kappa shape index (κ3) is 5.92. The molecule has 0 aromatic heterocycles. The lowest BCUT2D eigenvalue weighted by atomic mass is 10.2. The summed E-state index contributed by atoms with van der Waals surface area (Å²) in [5.41, 5.74) is 0.980. The van der Waals surface area contributed by atoms with Gasteiger partial charge in [0.05, 0.1) is 0 Å². The second kappa shape index (κ2) is 6.91. The van der Waals surface area contributed by atoms with E-state index in [1.54, 1.807) is 24.3 Å². The molecule has 0 bridgehead atoms. The van der Waals surface area contributed by atoms with E-state index in [1.807, 2.05) is 13.8 Å². The Labute approximate surface area is 102 Å². The highest BCUT2D eigenvalue weighted by Gasteiger charge is 2.01. The first-order valence-electron chi connectivity index (χ1n) is 5.86. The van der Waals surface area contributed by atoms with Crippen molar-refractivity contribution in [2.75, 3.05) is 6.54 Å². The fourth-order valence-electron chi connectivity index (χ4n) is 1.38. The predicted molar refractivity (Wildman–Crippen MR) is 67.7 cm³/mol. The number of phenolic OH excluding ortho intramolecular Hbond substituents is 1. The van der Waals surface area contributed by atoms with Gasteiger partial charge in [-0.15, -0.1) is 0 Å². The molecule has 17 heavy (non-hydrogen) atoms. The number of benzene rings is 1. The minimum Gasteiger partial charge on any atom is -0.508 e. The first-order chi connectivity index (χ1) is 8.08. The highest BCUT2D eigenvalue weighted by molar-refractivity contribution is 5.76. The number of rotatable bonds is 6. The molecule has 3 N–H and O–H groups in total. The minimum atomic E-state index is 0.0335. The molecule has 0 fully saturated rings. The molecule has 4 nitrogen and oxygen atoms in total. The molecule has 0 unspecified atom stereocenters. The summed E-state index contributed by atoms with van der Waals surface area (Å²) in [6, 6.07) is 7.22. The van der Waals surface area contributed by atoms with Gasteiger partial charge in [0.25, 0.3) is 0 Å². The van der Waals surface area contributed by atoms with Gasteiger partial charge in [0.1, 0.15) is 5.75 Å². The summed E-state index contributed by atoms with van der Waals surface area (Å²) in [6.45, 7) is 5.29. The van der Waals surface area contributed by atoms with Crippen molar-refractivity contribution in [2.24, 2.45) is 0 Å². The van der Waals surface area contributed by atoms with Crippen molar-refractivity contribution in [3.63, 3.8) is 0 Å². The molecule has 0 aliphatic rings. The summed E-state index contributed by atoms with van der Waals surface area (Å²) < 4.78 is 0. The van der Waals surface area contributed by atoms with E-state index in [0.717, 1.165) is 5.56 Å². The van der Waals surface area contributed by atoms with Crippen LogP contribution in [-0.4, -0.2) is 23.6 Å². The standard InChI is InChI=1S/C13H20N2O2/c1-10(2)14-8-7-13(17)15-9-11-3-5-12(16)6-4-11/h3-6,10,14,16H,7-9H2,1-2H3,(H,15,17). The molecule has 0 heterocycles. The highest BCUT2D eigenvalue weighted by atomic mass is 16.3. The quantitative estimate of drug-likeness (QED) is 0.699. The van der Waals surface area contributed by atoms with Crippen molar-refractivity contribution >= 4 is 5.91 Å². The summed E-state index contributed by atoms with van der Waals surface area (Å²) in [7, 11) is 0. The molecule has 0 saturated carbocycles. The van der Waals surface area contributed by atoms with E-state index in [2.05, 4.69) is 10.6 Å². The fourth-order valence-corrected chi connectivity index (χ4v) is 1.38. The molecule has 0 radical (unpaired) electrons. The van der Waals surface area contributed by atoms with Crippen molar-refractivity contribution < 1.29 is 9.90 Å². The van der Waals surface area contributed by atoms with Gasteiger partial charge in [-0.2, -0.15) is 0 Å². The average molecular weight is 236 g/mol. The van der Waals surface area contributed by atoms with Crippen molar-refractivity contribution in [1.29, 1.82) is 0 Å². The van der Waals surface area contributed by atoms with Gasteiger partial charge in [-0.3, -0.25) is 4.79 Å². The lowest BCUT2D eigenvalue weighted by Crippen LogP contribution is -2.30. The Bertz CT molecular complexity index is 347. The van der Waals surface area contributed by atoms with Crippen LogP contribution in [0.25, 0.3) is 0 Å². The topological polar surface area (TPSA) is 61.4 Å².